The third-order valence-electron chi connectivity index (χ3n) is 5.84. The highest BCUT2D eigenvalue weighted by molar-refractivity contribution is 6.30. The Kier molecular flexibility index (Phi) is 4.60. The lowest BCUT2D eigenvalue weighted by Crippen LogP contribution is -2.37. The molecule has 0 amide bonds. The van der Waals surface area contributed by atoms with Gasteiger partial charge in [-0.3, -0.25) is 13.9 Å². The molecule has 0 radical (unpaired) electrons. The van der Waals surface area contributed by atoms with Crippen molar-refractivity contribution < 1.29 is 9.13 Å². The van der Waals surface area contributed by atoms with Gasteiger partial charge in [0.05, 0.1) is 28.9 Å². The second-order valence-corrected chi connectivity index (χ2v) is 8.06. The van der Waals surface area contributed by atoms with Gasteiger partial charge >= 0.3 is 5.69 Å². The van der Waals surface area contributed by atoms with Crippen LogP contribution in [0, 0.1) is 5.82 Å². The first-order valence-corrected chi connectivity index (χ1v) is 10.2. The van der Waals surface area contributed by atoms with Crippen molar-refractivity contribution >= 4 is 22.5 Å². The molecule has 1 aliphatic rings. The van der Waals surface area contributed by atoms with Crippen LogP contribution >= 0.6 is 11.6 Å². The second kappa shape index (κ2) is 7.21. The number of aryl methyl sites for hydroxylation is 1. The van der Waals surface area contributed by atoms with Gasteiger partial charge in [0.15, 0.2) is 0 Å². The average molecular weight is 440 g/mol. The average Bonchev–Trinajstić information content (AvgIpc) is 3.13. The van der Waals surface area contributed by atoms with E-state index in [1.807, 2.05) is 16.7 Å². The molecule has 0 unspecified atom stereocenters. The van der Waals surface area contributed by atoms with Gasteiger partial charge in [-0.25, -0.2) is 9.18 Å². The second-order valence-electron chi connectivity index (χ2n) is 7.62. The Bertz CT molecular complexity index is 1430. The molecule has 1 aliphatic heterocycles. The predicted octanol–water partition coefficient (Wildman–Crippen LogP) is 3.62. The van der Waals surface area contributed by atoms with E-state index in [-0.39, 0.29) is 11.4 Å². The van der Waals surface area contributed by atoms with Gasteiger partial charge in [-0.05, 0) is 35.4 Å². The van der Waals surface area contributed by atoms with E-state index in [1.54, 1.807) is 31.3 Å². The van der Waals surface area contributed by atoms with Crippen LogP contribution in [0.25, 0.3) is 22.2 Å². The molecule has 0 N–H and O–H groups in total. The Morgan fingerprint density at radius 2 is 1.68 bits per heavy atom. The number of nitrogens with zero attached hydrogens (tertiary/aromatic N) is 3. The first-order valence-electron chi connectivity index (χ1n) is 9.83. The lowest BCUT2D eigenvalue weighted by Gasteiger charge is -2.27. The summed E-state index contributed by atoms with van der Waals surface area (Å²) < 4.78 is 24.2. The Balaban J connectivity index is 1.93. The molecule has 0 fully saturated rings. The first kappa shape index (κ1) is 19.8. The largest absolute Gasteiger partial charge is 0.365 e. The first-order chi connectivity index (χ1) is 14.9. The van der Waals surface area contributed by atoms with Crippen LogP contribution in [-0.2, 0) is 25.4 Å². The van der Waals surface area contributed by atoms with Crippen LogP contribution in [-0.4, -0.2) is 20.3 Å². The van der Waals surface area contributed by atoms with Gasteiger partial charge in [-0.2, -0.15) is 0 Å². The number of hydrogen-bond donors (Lipinski definition) is 0. The minimum absolute atomic E-state index is 0.345. The molecule has 158 valence electrons. The summed E-state index contributed by atoms with van der Waals surface area (Å²) in [5.41, 5.74) is 2.71. The fraction of sp³-hybridized carbons (Fsp3) is 0.217. The molecule has 6 nitrogen and oxygen atoms in total. The van der Waals surface area contributed by atoms with E-state index in [2.05, 4.69) is 0 Å². The maximum atomic E-state index is 13.5. The maximum Gasteiger partial charge on any atom is 0.331 e. The SMILES string of the molecule is Cn1c(=O)c2c(-c3ccc(Cl)cc3)n3c(c2n(C)c1=O)[C@H](c1ccc(F)cc1)OCC3. The highest BCUT2D eigenvalue weighted by atomic mass is 35.5. The third kappa shape index (κ3) is 2.96. The fourth-order valence-corrected chi connectivity index (χ4v) is 4.51. The molecule has 5 rings (SSSR count). The summed E-state index contributed by atoms with van der Waals surface area (Å²) in [5, 5.41) is 1.03. The molecule has 8 heteroatoms. The molecule has 31 heavy (non-hydrogen) atoms. The quantitative estimate of drug-likeness (QED) is 0.479. The van der Waals surface area contributed by atoms with Crippen LogP contribution < -0.4 is 11.2 Å². The van der Waals surface area contributed by atoms with Crippen molar-refractivity contribution in [3.05, 3.63) is 91.5 Å². The summed E-state index contributed by atoms with van der Waals surface area (Å²) >= 11 is 6.08. The number of rotatable bonds is 2. The highest BCUT2D eigenvalue weighted by Gasteiger charge is 2.33. The zero-order valence-corrected chi connectivity index (χ0v) is 17.7. The maximum absolute atomic E-state index is 13.5. The van der Waals surface area contributed by atoms with Crippen molar-refractivity contribution in [2.24, 2.45) is 14.1 Å². The normalized spacial score (nSPS) is 15.9. The molecular formula is C23H19ClFN3O3. The molecule has 0 saturated heterocycles. The monoisotopic (exact) mass is 439 g/mol. The van der Waals surface area contributed by atoms with E-state index in [0.29, 0.717) is 40.5 Å². The molecule has 3 heterocycles. The standard InChI is InChI=1S/C23H19ClFN3O3/c1-26-19-17(22(29)27(2)23(26)30)18(13-3-7-15(24)8-4-13)28-11-12-31-21(20(19)28)14-5-9-16(25)10-6-14/h3-10,21H,11-12H2,1-2H3/t21-/m0/s1. The Hall–Kier alpha value is -3.16. The third-order valence-corrected chi connectivity index (χ3v) is 6.09. The van der Waals surface area contributed by atoms with E-state index >= 15 is 0 Å². The number of halogens is 2. The molecule has 4 aromatic rings. The lowest BCUT2D eigenvalue weighted by molar-refractivity contribution is 0.0478. The van der Waals surface area contributed by atoms with E-state index in [1.165, 1.54) is 23.7 Å². The summed E-state index contributed by atoms with van der Waals surface area (Å²) in [4.78, 5) is 26.1. The number of ether oxygens (including phenoxy) is 1. The Morgan fingerprint density at radius 1 is 1.00 bits per heavy atom. The Labute approximate surface area is 181 Å². The minimum atomic E-state index is -0.546. The van der Waals surface area contributed by atoms with E-state index < -0.39 is 11.8 Å². The van der Waals surface area contributed by atoms with Crippen LogP contribution in [0.5, 0.6) is 0 Å². The molecule has 0 spiro atoms. The number of fused-ring (bicyclic) bond motifs is 3. The molecule has 0 aliphatic carbocycles. The van der Waals surface area contributed by atoms with Crippen molar-refractivity contribution in [2.75, 3.05) is 6.61 Å². The van der Waals surface area contributed by atoms with Crippen molar-refractivity contribution in [1.82, 2.24) is 13.7 Å². The molecule has 1 atom stereocenters. The summed E-state index contributed by atoms with van der Waals surface area (Å²) in [6.07, 6.45) is -0.546. The van der Waals surface area contributed by atoms with Crippen LogP contribution in [0.3, 0.4) is 0 Å². The highest BCUT2D eigenvalue weighted by Crippen LogP contribution is 2.40. The van der Waals surface area contributed by atoms with Gasteiger partial charge in [0.25, 0.3) is 5.56 Å². The molecule has 0 bridgehead atoms. The summed E-state index contributed by atoms with van der Waals surface area (Å²) in [7, 11) is 3.12. The fourth-order valence-electron chi connectivity index (χ4n) is 4.38. The lowest BCUT2D eigenvalue weighted by atomic mass is 10.0. The zero-order valence-electron chi connectivity index (χ0n) is 16.9. The van der Waals surface area contributed by atoms with Gasteiger partial charge < -0.3 is 9.30 Å². The summed E-state index contributed by atoms with van der Waals surface area (Å²) in [6, 6.07) is 13.3. The molecule has 2 aromatic heterocycles. The summed E-state index contributed by atoms with van der Waals surface area (Å²) in [6.45, 7) is 0.919. The molecular weight excluding hydrogens is 421 g/mol. The van der Waals surface area contributed by atoms with Crippen LogP contribution in [0.15, 0.2) is 58.1 Å². The molecule has 0 saturated carbocycles. The van der Waals surface area contributed by atoms with Crippen LogP contribution in [0.2, 0.25) is 5.02 Å². The number of aromatic nitrogens is 3. The smallest absolute Gasteiger partial charge is 0.331 e. The van der Waals surface area contributed by atoms with Gasteiger partial charge in [0, 0.05) is 25.7 Å². The topological polar surface area (TPSA) is 58.2 Å². The van der Waals surface area contributed by atoms with Crippen LogP contribution in [0.1, 0.15) is 17.4 Å². The number of benzene rings is 2. The van der Waals surface area contributed by atoms with Crippen molar-refractivity contribution in [1.29, 1.82) is 0 Å². The molecule has 2 aromatic carbocycles. The zero-order chi connectivity index (χ0) is 21.9. The van der Waals surface area contributed by atoms with Gasteiger partial charge in [-0.15, -0.1) is 0 Å². The van der Waals surface area contributed by atoms with Gasteiger partial charge in [0.1, 0.15) is 11.9 Å². The van der Waals surface area contributed by atoms with Crippen molar-refractivity contribution in [2.45, 2.75) is 12.6 Å². The summed E-state index contributed by atoms with van der Waals surface area (Å²) in [5.74, 6) is -0.345. The van der Waals surface area contributed by atoms with E-state index in [0.717, 1.165) is 15.7 Å². The van der Waals surface area contributed by atoms with Crippen molar-refractivity contribution in [3.8, 4) is 11.3 Å². The number of hydrogen-bond acceptors (Lipinski definition) is 3. The van der Waals surface area contributed by atoms with Gasteiger partial charge in [-0.1, -0.05) is 35.9 Å². The van der Waals surface area contributed by atoms with Crippen LogP contribution in [0.4, 0.5) is 4.39 Å². The minimum Gasteiger partial charge on any atom is -0.365 e. The Morgan fingerprint density at radius 3 is 2.35 bits per heavy atom. The predicted molar refractivity (Wildman–Crippen MR) is 117 cm³/mol. The van der Waals surface area contributed by atoms with Gasteiger partial charge in [0.2, 0.25) is 0 Å². The van der Waals surface area contributed by atoms with Crippen molar-refractivity contribution in [3.63, 3.8) is 0 Å². The van der Waals surface area contributed by atoms with E-state index in [9.17, 15) is 14.0 Å². The van der Waals surface area contributed by atoms with E-state index in [4.69, 9.17) is 16.3 Å².